The van der Waals surface area contributed by atoms with Gasteiger partial charge in [0.05, 0.1) is 37.0 Å². The average Bonchev–Trinajstić information content (AvgIpc) is 3.05. The monoisotopic (exact) mass is 400 g/mol. The molecule has 3 aromatic heterocycles. The molecule has 0 fully saturated rings. The molecule has 10 heteroatoms. The molecule has 3 aromatic rings. The van der Waals surface area contributed by atoms with Gasteiger partial charge in [0.2, 0.25) is 5.88 Å². The number of aryl methyl sites for hydroxylation is 1. The molecule has 0 saturated heterocycles. The number of halogens is 2. The molecule has 1 N–H and O–H groups in total. The smallest absolute Gasteiger partial charge is 0.348 e. The van der Waals surface area contributed by atoms with E-state index >= 15 is 0 Å². The van der Waals surface area contributed by atoms with Gasteiger partial charge in [-0.2, -0.15) is 14.0 Å². The topological polar surface area (TPSA) is 106 Å². The van der Waals surface area contributed by atoms with Gasteiger partial charge in [-0.15, -0.1) is 0 Å². The quantitative estimate of drug-likeness (QED) is 0.681. The molecule has 0 aromatic carbocycles. The lowest BCUT2D eigenvalue weighted by Gasteiger charge is -2.10. The molecule has 3 rings (SSSR count). The molecule has 0 bridgehead atoms. The van der Waals surface area contributed by atoms with E-state index in [1.54, 1.807) is 10.8 Å². The van der Waals surface area contributed by atoms with Gasteiger partial charge in [0.15, 0.2) is 0 Å². The lowest BCUT2D eigenvalue weighted by atomic mass is 10.2. The second kappa shape index (κ2) is 7.79. The number of pyridine rings is 1. The molecule has 0 aliphatic carbocycles. The van der Waals surface area contributed by atoms with Crippen LogP contribution in [0.5, 0.6) is 5.88 Å². The number of hydrogen-bond donors (Lipinski definition) is 1. The van der Waals surface area contributed by atoms with Crippen LogP contribution in [0.4, 0.5) is 8.78 Å². The third-order valence-corrected chi connectivity index (χ3v) is 4.39. The highest BCUT2D eigenvalue weighted by Crippen LogP contribution is 2.24. The minimum Gasteiger partial charge on any atom is -0.481 e. The van der Waals surface area contributed by atoms with Crippen molar-refractivity contribution >= 4 is 16.9 Å². The number of nitrogens with one attached hydrogen (secondary N) is 1. The number of amides is 1. The van der Waals surface area contributed by atoms with Gasteiger partial charge in [-0.25, -0.2) is 9.97 Å². The molecule has 8 nitrogen and oxygen atoms in total. The van der Waals surface area contributed by atoms with Gasteiger partial charge in [-0.05, 0) is 25.5 Å². The van der Waals surface area contributed by atoms with Gasteiger partial charge < -0.3 is 14.6 Å². The minimum atomic E-state index is -3.65. The molecule has 1 amide bonds. The van der Waals surface area contributed by atoms with Crippen LogP contribution in [0, 0.1) is 25.2 Å². The van der Waals surface area contributed by atoms with Crippen molar-refractivity contribution in [3.63, 3.8) is 0 Å². The van der Waals surface area contributed by atoms with E-state index in [1.807, 2.05) is 19.9 Å². The van der Waals surface area contributed by atoms with Crippen LogP contribution in [0.2, 0.25) is 0 Å². The molecule has 0 aliphatic rings. The maximum atomic E-state index is 13.2. The predicted octanol–water partition coefficient (Wildman–Crippen LogP) is 2.39. The van der Waals surface area contributed by atoms with Crippen molar-refractivity contribution in [1.29, 1.82) is 5.26 Å². The number of nitrogens with zero attached hydrogens (tertiary/aromatic N) is 5. The number of carbonyl (C=O) groups excluding carboxylic acids is 1. The van der Waals surface area contributed by atoms with Crippen molar-refractivity contribution < 1.29 is 18.3 Å². The Morgan fingerprint density at radius 1 is 1.34 bits per heavy atom. The zero-order valence-electron chi connectivity index (χ0n) is 16.0. The van der Waals surface area contributed by atoms with Crippen LogP contribution >= 0.6 is 0 Å². The second-order valence-electron chi connectivity index (χ2n) is 6.50. The molecule has 0 atom stereocenters. The van der Waals surface area contributed by atoms with E-state index in [1.165, 1.54) is 19.6 Å². The van der Waals surface area contributed by atoms with Gasteiger partial charge in [0, 0.05) is 18.0 Å². The van der Waals surface area contributed by atoms with Crippen molar-refractivity contribution in [2.24, 2.45) is 0 Å². The SMILES string of the molecule is COc1ncnc(Cn2cc(C(=O)NCC(F)(F)C#N)c3ncc(C)cc32)c1C. The highest BCUT2D eigenvalue weighted by molar-refractivity contribution is 6.05. The Morgan fingerprint density at radius 2 is 2.10 bits per heavy atom. The van der Waals surface area contributed by atoms with Crippen LogP contribution < -0.4 is 10.1 Å². The number of methoxy groups -OCH3 is 1. The van der Waals surface area contributed by atoms with Crippen LogP contribution in [0.1, 0.15) is 27.2 Å². The molecule has 0 radical (unpaired) electrons. The van der Waals surface area contributed by atoms with Crippen LogP contribution in [-0.4, -0.2) is 45.0 Å². The summed E-state index contributed by atoms with van der Waals surface area (Å²) in [4.78, 5) is 25.1. The molecule has 0 saturated carbocycles. The molecule has 150 valence electrons. The molecule has 0 spiro atoms. The Labute approximate surface area is 165 Å². The number of ether oxygens (including phenoxy) is 1. The van der Waals surface area contributed by atoms with Crippen LogP contribution in [-0.2, 0) is 6.54 Å². The lowest BCUT2D eigenvalue weighted by molar-refractivity contribution is 0.0578. The van der Waals surface area contributed by atoms with Crippen LogP contribution in [0.15, 0.2) is 24.8 Å². The summed E-state index contributed by atoms with van der Waals surface area (Å²) in [6.45, 7) is 2.90. The number of fused-ring (bicyclic) bond motifs is 1. The summed E-state index contributed by atoms with van der Waals surface area (Å²) in [5.41, 5.74) is 3.45. The molecule has 0 unspecified atom stereocenters. The Kier molecular flexibility index (Phi) is 5.41. The Bertz CT molecular complexity index is 1120. The van der Waals surface area contributed by atoms with Crippen LogP contribution in [0.25, 0.3) is 11.0 Å². The van der Waals surface area contributed by atoms with Crippen molar-refractivity contribution in [3.8, 4) is 11.9 Å². The first-order valence-corrected chi connectivity index (χ1v) is 8.63. The van der Waals surface area contributed by atoms with Gasteiger partial charge in [-0.1, -0.05) is 0 Å². The van der Waals surface area contributed by atoms with E-state index in [2.05, 4.69) is 20.3 Å². The van der Waals surface area contributed by atoms with Crippen molar-refractivity contribution in [2.75, 3.05) is 13.7 Å². The third kappa shape index (κ3) is 4.13. The predicted molar refractivity (Wildman–Crippen MR) is 99.8 cm³/mol. The van der Waals surface area contributed by atoms with E-state index in [0.29, 0.717) is 29.2 Å². The highest BCUT2D eigenvalue weighted by Gasteiger charge is 2.29. The maximum absolute atomic E-state index is 13.2. The summed E-state index contributed by atoms with van der Waals surface area (Å²) < 4.78 is 33.3. The number of alkyl halides is 2. The number of hydrogen-bond acceptors (Lipinski definition) is 6. The van der Waals surface area contributed by atoms with Gasteiger partial charge in [-0.3, -0.25) is 9.78 Å². The summed E-state index contributed by atoms with van der Waals surface area (Å²) in [6.07, 6.45) is 4.51. The fraction of sp³-hybridized carbons (Fsp3) is 0.316. The highest BCUT2D eigenvalue weighted by atomic mass is 19.3. The van der Waals surface area contributed by atoms with E-state index in [0.717, 1.165) is 17.2 Å². The molecular formula is C19H18F2N6O2. The second-order valence-corrected chi connectivity index (χ2v) is 6.50. The largest absolute Gasteiger partial charge is 0.481 e. The maximum Gasteiger partial charge on any atom is 0.348 e. The van der Waals surface area contributed by atoms with Crippen LogP contribution in [0.3, 0.4) is 0 Å². The summed E-state index contributed by atoms with van der Waals surface area (Å²) >= 11 is 0. The number of aromatic nitrogens is 4. The van der Waals surface area contributed by atoms with Crippen molar-refractivity contribution in [2.45, 2.75) is 26.3 Å². The average molecular weight is 400 g/mol. The molecule has 3 heterocycles. The first-order valence-electron chi connectivity index (χ1n) is 8.63. The molecular weight excluding hydrogens is 382 g/mol. The number of rotatable bonds is 6. The van der Waals surface area contributed by atoms with E-state index in [4.69, 9.17) is 10.00 Å². The zero-order valence-corrected chi connectivity index (χ0v) is 16.0. The fourth-order valence-electron chi connectivity index (χ4n) is 2.88. The fourth-order valence-corrected chi connectivity index (χ4v) is 2.88. The third-order valence-electron chi connectivity index (χ3n) is 4.39. The number of nitriles is 1. The Balaban J connectivity index is 2.00. The zero-order chi connectivity index (χ0) is 21.2. The Hall–Kier alpha value is -3.61. The first kappa shape index (κ1) is 20.1. The van der Waals surface area contributed by atoms with Gasteiger partial charge in [0.25, 0.3) is 5.91 Å². The Morgan fingerprint density at radius 3 is 2.79 bits per heavy atom. The summed E-state index contributed by atoms with van der Waals surface area (Å²) in [5.74, 6) is -3.94. The lowest BCUT2D eigenvalue weighted by Crippen LogP contribution is -2.35. The standard InChI is InChI=1S/C19H18F2N6O2/c1-11-4-15-16(23-5-11)13(17(28)24-9-19(20,21)8-22)6-27(15)7-14-12(2)18(29-3)26-10-25-14/h4-6,10H,7,9H2,1-3H3,(H,24,28). The summed E-state index contributed by atoms with van der Waals surface area (Å²) in [5, 5.41) is 10.5. The van der Waals surface area contributed by atoms with E-state index in [9.17, 15) is 13.6 Å². The number of carbonyl (C=O) groups is 1. The minimum absolute atomic E-state index is 0.132. The molecule has 0 aliphatic heterocycles. The van der Waals surface area contributed by atoms with E-state index < -0.39 is 18.4 Å². The summed E-state index contributed by atoms with van der Waals surface area (Å²) in [7, 11) is 1.51. The molecule has 29 heavy (non-hydrogen) atoms. The normalized spacial score (nSPS) is 11.3. The summed E-state index contributed by atoms with van der Waals surface area (Å²) in [6, 6.07) is 2.70. The van der Waals surface area contributed by atoms with Gasteiger partial charge in [0.1, 0.15) is 17.9 Å². The first-order chi connectivity index (χ1) is 13.8. The van der Waals surface area contributed by atoms with Crippen molar-refractivity contribution in [3.05, 3.63) is 47.2 Å². The van der Waals surface area contributed by atoms with E-state index in [-0.39, 0.29) is 5.56 Å². The van der Waals surface area contributed by atoms with Gasteiger partial charge >= 0.3 is 5.92 Å². The van der Waals surface area contributed by atoms with Crippen molar-refractivity contribution in [1.82, 2.24) is 24.8 Å².